The van der Waals surface area contributed by atoms with Crippen molar-refractivity contribution in [1.82, 2.24) is 0 Å². The van der Waals surface area contributed by atoms with Crippen LogP contribution in [0, 0.1) is 0 Å². The number of benzene rings is 4. The number of hydrogen-bond acceptors (Lipinski definition) is 4. The van der Waals surface area contributed by atoms with E-state index < -0.39 is 0 Å². The fraction of sp³-hybridized carbons (Fsp3) is 0.263. The molecule has 0 bridgehead atoms. The Labute approximate surface area is 252 Å². The Morgan fingerprint density at radius 2 is 0.786 bits per heavy atom. The molecule has 218 valence electrons. The largest absolute Gasteiger partial charge is 0.496 e. The standard InChI is InChI=1S/C38H44N2O2/c1-7-39(8-2)35-23-15-11-19-31(35)29(32-20-12-16-24-36(32)40(9-3)10-4)27-28-30(33-21-13-17-25-37(33)41-5)34-22-14-18-26-38(34)42-6/h11-28H,7-10H2,1-6H3. The molecule has 0 radical (unpaired) electrons. The Morgan fingerprint density at radius 1 is 0.476 bits per heavy atom. The van der Waals surface area contributed by atoms with E-state index >= 15 is 0 Å². The highest BCUT2D eigenvalue weighted by atomic mass is 16.5. The van der Waals surface area contributed by atoms with E-state index in [4.69, 9.17) is 9.47 Å². The average Bonchev–Trinajstić information content (AvgIpc) is 3.05. The molecule has 0 atom stereocenters. The maximum Gasteiger partial charge on any atom is 0.126 e. The summed E-state index contributed by atoms with van der Waals surface area (Å²) >= 11 is 0. The first-order chi connectivity index (χ1) is 20.6. The molecule has 4 heteroatoms. The van der Waals surface area contributed by atoms with E-state index in [1.54, 1.807) is 14.2 Å². The summed E-state index contributed by atoms with van der Waals surface area (Å²) in [4.78, 5) is 4.85. The highest BCUT2D eigenvalue weighted by Gasteiger charge is 2.19. The van der Waals surface area contributed by atoms with Gasteiger partial charge >= 0.3 is 0 Å². The highest BCUT2D eigenvalue weighted by Crippen LogP contribution is 2.39. The number of ether oxygens (including phenoxy) is 2. The van der Waals surface area contributed by atoms with Crippen molar-refractivity contribution >= 4 is 22.5 Å². The molecule has 0 heterocycles. The number of nitrogens with zero attached hydrogens (tertiary/aromatic N) is 2. The van der Waals surface area contributed by atoms with Crippen LogP contribution in [0.4, 0.5) is 11.4 Å². The summed E-state index contributed by atoms with van der Waals surface area (Å²) < 4.78 is 11.7. The monoisotopic (exact) mass is 560 g/mol. The van der Waals surface area contributed by atoms with E-state index in [9.17, 15) is 0 Å². The zero-order valence-corrected chi connectivity index (χ0v) is 25.9. The van der Waals surface area contributed by atoms with E-state index in [1.165, 1.54) is 28.1 Å². The number of anilines is 2. The van der Waals surface area contributed by atoms with E-state index in [-0.39, 0.29) is 0 Å². The molecule has 0 unspecified atom stereocenters. The van der Waals surface area contributed by atoms with Crippen LogP contribution >= 0.6 is 0 Å². The van der Waals surface area contributed by atoms with Gasteiger partial charge in [-0.05, 0) is 63.1 Å². The molecule has 0 aliphatic rings. The van der Waals surface area contributed by atoms with Crippen molar-refractivity contribution in [2.45, 2.75) is 27.7 Å². The van der Waals surface area contributed by atoms with Crippen molar-refractivity contribution in [3.8, 4) is 11.5 Å². The van der Waals surface area contributed by atoms with Gasteiger partial charge in [0.15, 0.2) is 0 Å². The Bertz CT molecular complexity index is 1410. The van der Waals surface area contributed by atoms with Crippen LogP contribution in [0.2, 0.25) is 0 Å². The molecule has 42 heavy (non-hydrogen) atoms. The lowest BCUT2D eigenvalue weighted by Gasteiger charge is -2.28. The summed E-state index contributed by atoms with van der Waals surface area (Å²) in [6.45, 7) is 12.6. The Balaban J connectivity index is 2.09. The minimum atomic E-state index is 0.816. The lowest BCUT2D eigenvalue weighted by molar-refractivity contribution is 0.411. The van der Waals surface area contributed by atoms with Gasteiger partial charge in [0.05, 0.1) is 14.2 Å². The molecule has 0 amide bonds. The van der Waals surface area contributed by atoms with Crippen LogP contribution in [0.1, 0.15) is 49.9 Å². The second kappa shape index (κ2) is 15.0. The van der Waals surface area contributed by atoms with Crippen LogP contribution in [0.25, 0.3) is 11.1 Å². The van der Waals surface area contributed by atoms with E-state index in [2.05, 4.69) is 122 Å². The second-order valence-corrected chi connectivity index (χ2v) is 9.94. The van der Waals surface area contributed by atoms with Crippen LogP contribution < -0.4 is 19.3 Å². The SMILES string of the molecule is CCN(CC)c1ccccc1C(=CC=C(c1ccccc1OC)c1ccccc1OC)c1ccccc1N(CC)CC. The number of para-hydroxylation sites is 4. The van der Waals surface area contributed by atoms with Crippen molar-refractivity contribution in [2.75, 3.05) is 50.2 Å². The van der Waals surface area contributed by atoms with Gasteiger partial charge in [0.2, 0.25) is 0 Å². The van der Waals surface area contributed by atoms with Gasteiger partial charge in [-0.2, -0.15) is 0 Å². The molecule has 0 fully saturated rings. The molecule has 0 aromatic heterocycles. The summed E-state index contributed by atoms with van der Waals surface area (Å²) in [6.07, 6.45) is 4.50. The number of allylic oxidation sites excluding steroid dienone is 2. The third kappa shape index (κ3) is 6.54. The molecule has 4 aromatic carbocycles. The van der Waals surface area contributed by atoms with Gasteiger partial charge < -0.3 is 19.3 Å². The number of rotatable bonds is 13. The normalized spacial score (nSPS) is 10.5. The maximum absolute atomic E-state index is 5.84. The third-order valence-electron chi connectivity index (χ3n) is 7.81. The van der Waals surface area contributed by atoms with Crippen molar-refractivity contribution in [3.63, 3.8) is 0 Å². The summed E-state index contributed by atoms with van der Waals surface area (Å²) in [5.74, 6) is 1.63. The third-order valence-corrected chi connectivity index (χ3v) is 7.81. The Hall–Kier alpha value is -4.44. The van der Waals surface area contributed by atoms with E-state index in [1.807, 2.05) is 24.3 Å². The maximum atomic E-state index is 5.84. The summed E-state index contributed by atoms with van der Waals surface area (Å²) in [7, 11) is 3.45. The minimum Gasteiger partial charge on any atom is -0.496 e. The first-order valence-corrected chi connectivity index (χ1v) is 15.0. The van der Waals surface area contributed by atoms with Crippen molar-refractivity contribution in [1.29, 1.82) is 0 Å². The van der Waals surface area contributed by atoms with Gasteiger partial charge in [0.1, 0.15) is 11.5 Å². The average molecular weight is 561 g/mol. The van der Waals surface area contributed by atoms with Crippen LogP contribution in [-0.2, 0) is 0 Å². The van der Waals surface area contributed by atoms with Crippen LogP contribution in [0.5, 0.6) is 11.5 Å². The van der Waals surface area contributed by atoms with Gasteiger partial charge in [-0.1, -0.05) is 84.9 Å². The van der Waals surface area contributed by atoms with Gasteiger partial charge in [0.25, 0.3) is 0 Å². The topological polar surface area (TPSA) is 24.9 Å². The van der Waals surface area contributed by atoms with Crippen LogP contribution in [0.3, 0.4) is 0 Å². The van der Waals surface area contributed by atoms with Crippen LogP contribution in [-0.4, -0.2) is 40.4 Å². The molecular weight excluding hydrogens is 516 g/mol. The number of methoxy groups -OCH3 is 2. The predicted molar refractivity (Wildman–Crippen MR) is 180 cm³/mol. The Morgan fingerprint density at radius 3 is 1.14 bits per heavy atom. The lowest BCUT2D eigenvalue weighted by Crippen LogP contribution is -2.24. The molecule has 4 rings (SSSR count). The molecule has 4 nitrogen and oxygen atoms in total. The van der Waals surface area contributed by atoms with Crippen molar-refractivity contribution < 1.29 is 9.47 Å². The quantitative estimate of drug-likeness (QED) is 0.152. The van der Waals surface area contributed by atoms with Gasteiger partial charge in [-0.3, -0.25) is 0 Å². The summed E-state index contributed by atoms with van der Waals surface area (Å²) in [6, 6.07) is 33.9. The fourth-order valence-electron chi connectivity index (χ4n) is 5.63. The fourth-order valence-corrected chi connectivity index (χ4v) is 5.63. The molecule has 4 aromatic rings. The number of hydrogen-bond donors (Lipinski definition) is 0. The summed E-state index contributed by atoms with van der Waals surface area (Å²) in [5.41, 5.74) is 9.09. The smallest absolute Gasteiger partial charge is 0.126 e. The molecular formula is C38H44N2O2. The lowest BCUT2D eigenvalue weighted by atomic mass is 9.91. The zero-order chi connectivity index (χ0) is 29.9. The molecule has 0 N–H and O–H groups in total. The second-order valence-electron chi connectivity index (χ2n) is 9.94. The Kier molecular flexibility index (Phi) is 10.9. The summed E-state index contributed by atoms with van der Waals surface area (Å²) in [5, 5.41) is 0. The molecule has 0 spiro atoms. The predicted octanol–water partition coefficient (Wildman–Crippen LogP) is 8.96. The zero-order valence-electron chi connectivity index (χ0n) is 25.9. The van der Waals surface area contributed by atoms with E-state index in [0.717, 1.165) is 54.4 Å². The first kappa shape index (κ1) is 30.5. The molecule has 0 aliphatic carbocycles. The highest BCUT2D eigenvalue weighted by molar-refractivity contribution is 5.94. The van der Waals surface area contributed by atoms with Gasteiger partial charge in [0, 0.05) is 59.8 Å². The van der Waals surface area contributed by atoms with Gasteiger partial charge in [-0.25, -0.2) is 0 Å². The minimum absolute atomic E-state index is 0.816. The molecule has 0 aliphatic heterocycles. The van der Waals surface area contributed by atoms with Crippen LogP contribution in [0.15, 0.2) is 109 Å². The molecule has 0 saturated carbocycles. The molecule has 0 saturated heterocycles. The van der Waals surface area contributed by atoms with Crippen molar-refractivity contribution in [3.05, 3.63) is 131 Å². The first-order valence-electron chi connectivity index (χ1n) is 15.0. The van der Waals surface area contributed by atoms with E-state index in [0.29, 0.717) is 0 Å². The van der Waals surface area contributed by atoms with Crippen molar-refractivity contribution in [2.24, 2.45) is 0 Å². The van der Waals surface area contributed by atoms with Gasteiger partial charge in [-0.15, -0.1) is 0 Å².